The lowest BCUT2D eigenvalue weighted by Crippen LogP contribution is -2.26. The molecule has 1 N–H and O–H groups in total. The molecule has 0 aliphatic carbocycles. The van der Waals surface area contributed by atoms with Gasteiger partial charge in [-0.05, 0) is 98.1 Å². The smallest absolute Gasteiger partial charge is 0.319 e. The summed E-state index contributed by atoms with van der Waals surface area (Å²) in [5.74, 6) is 0.741. The average molecular weight is 543 g/mol. The Morgan fingerprint density at radius 3 is 2.46 bits per heavy atom. The summed E-state index contributed by atoms with van der Waals surface area (Å²) >= 11 is 1.86. The molecule has 4 aromatic rings. The van der Waals surface area contributed by atoms with Crippen molar-refractivity contribution in [1.29, 1.82) is 0 Å². The Kier molecular flexibility index (Phi) is 9.65. The molecular formula is C33H38N2O3S. The highest BCUT2D eigenvalue weighted by molar-refractivity contribution is 7.22. The zero-order chi connectivity index (χ0) is 26.9. The van der Waals surface area contributed by atoms with Crippen LogP contribution in [-0.2, 0) is 22.4 Å². The molecule has 0 radical (unpaired) electrons. The molecule has 1 saturated heterocycles. The van der Waals surface area contributed by atoms with Gasteiger partial charge in [0.05, 0.1) is 13.2 Å². The molecule has 0 spiro atoms. The maximum atomic E-state index is 11.5. The maximum absolute atomic E-state index is 11.5. The Morgan fingerprint density at radius 2 is 1.69 bits per heavy atom. The first-order chi connectivity index (χ1) is 19.2. The summed E-state index contributed by atoms with van der Waals surface area (Å²) in [5.41, 5.74) is 5.16. The zero-order valence-electron chi connectivity index (χ0n) is 22.8. The highest BCUT2D eigenvalue weighted by atomic mass is 32.1. The number of ether oxygens (including phenoxy) is 2. The summed E-state index contributed by atoms with van der Waals surface area (Å²) in [7, 11) is 0. The molecule has 0 saturated carbocycles. The van der Waals surface area contributed by atoms with Gasteiger partial charge in [-0.1, -0.05) is 54.6 Å². The van der Waals surface area contributed by atoms with Gasteiger partial charge in [0.1, 0.15) is 12.4 Å². The summed E-state index contributed by atoms with van der Waals surface area (Å²) in [6.45, 7) is 7.40. The fourth-order valence-corrected chi connectivity index (χ4v) is 6.40. The summed E-state index contributed by atoms with van der Waals surface area (Å²) in [6.07, 6.45) is 4.38. The first-order valence-electron chi connectivity index (χ1n) is 14.1. The van der Waals surface area contributed by atoms with Crippen molar-refractivity contribution in [3.8, 4) is 16.2 Å². The number of benzene rings is 3. The number of esters is 1. The van der Waals surface area contributed by atoms with E-state index in [1.54, 1.807) is 0 Å². The third kappa shape index (κ3) is 7.47. The van der Waals surface area contributed by atoms with Gasteiger partial charge in [0, 0.05) is 16.1 Å². The molecule has 1 aliphatic rings. The van der Waals surface area contributed by atoms with E-state index in [9.17, 15) is 4.79 Å². The number of hydrogen-bond donors (Lipinski definition) is 1. The van der Waals surface area contributed by atoms with E-state index in [2.05, 4.69) is 83.0 Å². The van der Waals surface area contributed by atoms with E-state index in [-0.39, 0.29) is 12.5 Å². The van der Waals surface area contributed by atoms with Crippen molar-refractivity contribution in [2.75, 3.05) is 45.9 Å². The molecule has 0 unspecified atom stereocenters. The van der Waals surface area contributed by atoms with Gasteiger partial charge < -0.3 is 14.8 Å². The molecule has 6 heteroatoms. The number of rotatable bonds is 13. The Morgan fingerprint density at radius 1 is 0.949 bits per heavy atom. The summed E-state index contributed by atoms with van der Waals surface area (Å²) in [6, 6.07) is 26.2. The molecule has 3 aromatic carbocycles. The number of hydrogen-bond acceptors (Lipinski definition) is 6. The Bertz CT molecular complexity index is 1340. The van der Waals surface area contributed by atoms with Gasteiger partial charge in [-0.25, -0.2) is 0 Å². The highest BCUT2D eigenvalue weighted by Crippen LogP contribution is 2.40. The van der Waals surface area contributed by atoms with Crippen LogP contribution in [0.4, 0.5) is 0 Å². The number of nitrogens with zero attached hydrogens (tertiary/aromatic N) is 1. The fourth-order valence-electron chi connectivity index (χ4n) is 5.17. The van der Waals surface area contributed by atoms with Crippen molar-refractivity contribution in [3.63, 3.8) is 0 Å². The first-order valence-corrected chi connectivity index (χ1v) is 14.9. The third-order valence-corrected chi connectivity index (χ3v) is 8.52. The Labute approximate surface area is 235 Å². The standard InChI is InChI=1S/C33H38N2O3S/c1-2-37-32(36)24-34-18-17-25-9-13-27(14-10-25)33-30(29-7-3-4-8-31(29)39-33)23-26-11-15-28(16-12-26)38-22-21-35-19-5-6-20-35/h3-4,7-16,34H,2,5-6,17-24H2,1H3. The number of carbonyl (C=O) groups excluding carboxylic acids is 1. The van der Waals surface area contributed by atoms with Crippen molar-refractivity contribution in [2.24, 2.45) is 0 Å². The van der Waals surface area contributed by atoms with Crippen LogP contribution in [0, 0.1) is 0 Å². The number of nitrogens with one attached hydrogen (secondary N) is 1. The van der Waals surface area contributed by atoms with Crippen LogP contribution in [-0.4, -0.2) is 56.8 Å². The highest BCUT2D eigenvalue weighted by Gasteiger charge is 2.15. The van der Waals surface area contributed by atoms with Crippen molar-refractivity contribution >= 4 is 27.4 Å². The minimum absolute atomic E-state index is 0.204. The summed E-state index contributed by atoms with van der Waals surface area (Å²) in [5, 5.41) is 4.49. The van der Waals surface area contributed by atoms with E-state index in [1.165, 1.54) is 63.1 Å². The number of carbonyl (C=O) groups is 1. The lowest BCUT2D eigenvalue weighted by molar-refractivity contribution is -0.141. The minimum Gasteiger partial charge on any atom is -0.492 e. The van der Waals surface area contributed by atoms with Crippen LogP contribution < -0.4 is 10.1 Å². The quantitative estimate of drug-likeness (QED) is 0.158. The van der Waals surface area contributed by atoms with Crippen molar-refractivity contribution in [3.05, 3.63) is 89.5 Å². The molecule has 0 bridgehead atoms. The van der Waals surface area contributed by atoms with Crippen LogP contribution in [0.5, 0.6) is 5.75 Å². The second-order valence-corrected chi connectivity index (χ2v) is 11.1. The number of thiophene rings is 1. The van der Waals surface area contributed by atoms with Gasteiger partial charge in [0.2, 0.25) is 0 Å². The molecule has 5 nitrogen and oxygen atoms in total. The van der Waals surface area contributed by atoms with Crippen molar-refractivity contribution in [1.82, 2.24) is 10.2 Å². The van der Waals surface area contributed by atoms with Gasteiger partial charge in [0.25, 0.3) is 0 Å². The Hall–Kier alpha value is -3.19. The lowest BCUT2D eigenvalue weighted by Gasteiger charge is -2.15. The van der Waals surface area contributed by atoms with E-state index >= 15 is 0 Å². The van der Waals surface area contributed by atoms with Crippen LogP contribution in [0.3, 0.4) is 0 Å². The third-order valence-electron chi connectivity index (χ3n) is 7.26. The zero-order valence-corrected chi connectivity index (χ0v) is 23.6. The van der Waals surface area contributed by atoms with E-state index in [0.29, 0.717) is 6.61 Å². The molecule has 39 heavy (non-hydrogen) atoms. The normalized spacial score (nSPS) is 13.7. The maximum Gasteiger partial charge on any atom is 0.319 e. The Balaban J connectivity index is 1.24. The van der Waals surface area contributed by atoms with Crippen LogP contribution >= 0.6 is 11.3 Å². The van der Waals surface area contributed by atoms with Gasteiger partial charge in [-0.3, -0.25) is 9.69 Å². The van der Waals surface area contributed by atoms with Crippen molar-refractivity contribution in [2.45, 2.75) is 32.6 Å². The van der Waals surface area contributed by atoms with Gasteiger partial charge >= 0.3 is 5.97 Å². The lowest BCUT2D eigenvalue weighted by atomic mass is 9.98. The SMILES string of the molecule is CCOC(=O)CNCCc1ccc(-c2sc3ccccc3c2Cc2ccc(OCCN3CCCC3)cc2)cc1. The fraction of sp³-hybridized carbons (Fsp3) is 0.364. The molecule has 1 fully saturated rings. The van der Waals surface area contributed by atoms with E-state index in [1.807, 2.05) is 18.3 Å². The predicted molar refractivity (Wildman–Crippen MR) is 161 cm³/mol. The van der Waals surface area contributed by atoms with E-state index in [0.717, 1.165) is 38.3 Å². The molecule has 5 rings (SSSR count). The van der Waals surface area contributed by atoms with Crippen LogP contribution in [0.2, 0.25) is 0 Å². The average Bonchev–Trinajstić information content (AvgIpc) is 3.61. The molecule has 2 heterocycles. The molecule has 1 aliphatic heterocycles. The van der Waals surface area contributed by atoms with Crippen LogP contribution in [0.1, 0.15) is 36.5 Å². The van der Waals surface area contributed by atoms with Crippen molar-refractivity contribution < 1.29 is 14.3 Å². The van der Waals surface area contributed by atoms with E-state index < -0.39 is 0 Å². The molecule has 1 aromatic heterocycles. The number of fused-ring (bicyclic) bond motifs is 1. The van der Waals surface area contributed by atoms with E-state index in [4.69, 9.17) is 9.47 Å². The number of likely N-dealkylation sites (tertiary alicyclic amines) is 1. The molecule has 0 atom stereocenters. The predicted octanol–water partition coefficient (Wildman–Crippen LogP) is 6.33. The van der Waals surface area contributed by atoms with Gasteiger partial charge in [0.15, 0.2) is 0 Å². The second kappa shape index (κ2) is 13.7. The molecule has 0 amide bonds. The first kappa shape index (κ1) is 27.4. The van der Waals surface area contributed by atoms with Crippen LogP contribution in [0.25, 0.3) is 20.5 Å². The monoisotopic (exact) mass is 542 g/mol. The minimum atomic E-state index is -0.204. The molecular weight excluding hydrogens is 504 g/mol. The summed E-state index contributed by atoms with van der Waals surface area (Å²) in [4.78, 5) is 15.3. The summed E-state index contributed by atoms with van der Waals surface area (Å²) < 4.78 is 12.3. The largest absolute Gasteiger partial charge is 0.492 e. The second-order valence-electron chi connectivity index (χ2n) is 10.1. The van der Waals surface area contributed by atoms with Crippen LogP contribution in [0.15, 0.2) is 72.8 Å². The van der Waals surface area contributed by atoms with Gasteiger partial charge in [-0.15, -0.1) is 11.3 Å². The molecule has 204 valence electrons. The van der Waals surface area contributed by atoms with Gasteiger partial charge in [-0.2, -0.15) is 0 Å². The topological polar surface area (TPSA) is 50.8 Å².